The van der Waals surface area contributed by atoms with Crippen LogP contribution in [0.1, 0.15) is 24.0 Å². The number of alkyl halides is 3. The summed E-state index contributed by atoms with van der Waals surface area (Å²) in [5.74, 6) is -0.862. The summed E-state index contributed by atoms with van der Waals surface area (Å²) in [6.45, 7) is 0.183. The van der Waals surface area contributed by atoms with Crippen molar-refractivity contribution >= 4 is 27.4 Å². The van der Waals surface area contributed by atoms with Gasteiger partial charge in [0.2, 0.25) is 10.0 Å². The number of ketones is 1. The van der Waals surface area contributed by atoms with Gasteiger partial charge in [-0.05, 0) is 61.4 Å². The van der Waals surface area contributed by atoms with E-state index < -0.39 is 33.6 Å². The number of hydrogen-bond donors (Lipinski definition) is 0. The van der Waals surface area contributed by atoms with E-state index in [1.165, 1.54) is 23.0 Å². The highest BCUT2D eigenvalue weighted by atomic mass is 35.5. The zero-order chi connectivity index (χ0) is 24.7. The Hall–Kier alpha value is -2.76. The van der Waals surface area contributed by atoms with Crippen molar-refractivity contribution in [2.45, 2.75) is 36.4 Å². The number of sulfonamides is 1. The minimum atomic E-state index is -4.45. The zero-order valence-corrected chi connectivity index (χ0v) is 19.0. The van der Waals surface area contributed by atoms with E-state index >= 15 is 0 Å². The monoisotopic (exact) mass is 515 g/mol. The van der Waals surface area contributed by atoms with Gasteiger partial charge in [-0.15, -0.1) is 0 Å². The first-order valence-corrected chi connectivity index (χ1v) is 12.0. The lowest BCUT2D eigenvalue weighted by atomic mass is 9.98. The summed E-state index contributed by atoms with van der Waals surface area (Å²) in [7, 11) is -3.93. The third kappa shape index (κ3) is 4.86. The quantitative estimate of drug-likeness (QED) is 0.429. The molecule has 0 N–H and O–H groups in total. The van der Waals surface area contributed by atoms with Crippen LogP contribution in [0.15, 0.2) is 59.6 Å². The van der Waals surface area contributed by atoms with Gasteiger partial charge < -0.3 is 0 Å². The fourth-order valence-electron chi connectivity index (χ4n) is 3.63. The number of hydrogen-bond acceptors (Lipinski definition) is 4. The summed E-state index contributed by atoms with van der Waals surface area (Å²) in [5.41, 5.74) is 0.0752. The molecule has 2 heterocycles. The van der Waals surface area contributed by atoms with Crippen LogP contribution in [0.3, 0.4) is 0 Å². The fourth-order valence-corrected chi connectivity index (χ4v) is 5.51. The van der Waals surface area contributed by atoms with Crippen molar-refractivity contribution < 1.29 is 30.8 Å². The van der Waals surface area contributed by atoms with E-state index in [-0.39, 0.29) is 35.2 Å². The smallest absolute Gasteiger partial charge is 0.298 e. The molecule has 34 heavy (non-hydrogen) atoms. The highest BCUT2D eigenvalue weighted by Crippen LogP contribution is 2.31. The molecule has 1 aromatic heterocycles. The molecule has 3 aromatic rings. The van der Waals surface area contributed by atoms with Crippen LogP contribution in [-0.4, -0.2) is 40.9 Å². The molecular weight excluding hydrogens is 498 g/mol. The van der Waals surface area contributed by atoms with Crippen LogP contribution in [-0.2, 0) is 27.4 Å². The number of carbonyl (C=O) groups excluding carboxylic acids is 1. The molecular formula is C22H18ClF4N3O3S. The summed E-state index contributed by atoms with van der Waals surface area (Å²) in [6.07, 6.45) is -2.38. The second-order valence-corrected chi connectivity index (χ2v) is 10.0. The van der Waals surface area contributed by atoms with E-state index in [0.717, 1.165) is 40.7 Å². The number of halogens is 5. The molecule has 12 heteroatoms. The normalized spacial score (nSPS) is 16.9. The molecule has 4 rings (SSSR count). The number of nitrogens with zero attached hydrogens (tertiary/aromatic N) is 3. The van der Waals surface area contributed by atoms with Gasteiger partial charge in [0.1, 0.15) is 5.82 Å². The lowest BCUT2D eigenvalue weighted by molar-refractivity contribution is -0.137. The fraction of sp³-hybridized carbons (Fsp3) is 0.273. The predicted octanol–water partition coefficient (Wildman–Crippen LogP) is 4.65. The summed E-state index contributed by atoms with van der Waals surface area (Å²) < 4.78 is 79.3. The molecule has 6 nitrogen and oxygen atoms in total. The maximum Gasteiger partial charge on any atom is 0.416 e. The van der Waals surface area contributed by atoms with Gasteiger partial charge in [0.25, 0.3) is 0 Å². The van der Waals surface area contributed by atoms with E-state index in [2.05, 4.69) is 5.10 Å². The Labute approximate surface area is 197 Å². The lowest BCUT2D eigenvalue weighted by Gasteiger charge is -2.38. The largest absolute Gasteiger partial charge is 0.416 e. The number of aromatic nitrogens is 2. The maximum absolute atomic E-state index is 13.1. The number of rotatable bonds is 7. The van der Waals surface area contributed by atoms with Crippen LogP contribution in [0.5, 0.6) is 0 Å². The average molecular weight is 516 g/mol. The van der Waals surface area contributed by atoms with Crippen molar-refractivity contribution in [1.82, 2.24) is 14.1 Å². The van der Waals surface area contributed by atoms with E-state index in [0.29, 0.717) is 17.7 Å². The van der Waals surface area contributed by atoms with Crippen molar-refractivity contribution in [2.24, 2.45) is 0 Å². The Morgan fingerprint density at radius 1 is 1.09 bits per heavy atom. The van der Waals surface area contributed by atoms with Crippen molar-refractivity contribution in [2.75, 3.05) is 6.54 Å². The minimum absolute atomic E-state index is 0.00146. The summed E-state index contributed by atoms with van der Waals surface area (Å²) in [4.78, 5) is 12.6. The standard InChI is InChI=1S/C22H18ClF4N3O3S/c23-21-14(13-29(28-21)17-6-2-15(3-7-17)22(25,26)27)1-10-20(31)19-11-12-30(19)34(32,33)18-8-4-16(24)5-9-18/h2-9,13,19H,1,10-12H2/t19-/m0/s1. The highest BCUT2D eigenvalue weighted by Gasteiger charge is 2.42. The molecule has 0 aliphatic carbocycles. The molecule has 180 valence electrons. The molecule has 1 aliphatic rings. The van der Waals surface area contributed by atoms with E-state index in [4.69, 9.17) is 11.6 Å². The topological polar surface area (TPSA) is 72.3 Å². The van der Waals surface area contributed by atoms with Crippen LogP contribution in [0.4, 0.5) is 17.6 Å². The van der Waals surface area contributed by atoms with E-state index in [9.17, 15) is 30.8 Å². The van der Waals surface area contributed by atoms with E-state index in [1.54, 1.807) is 0 Å². The van der Waals surface area contributed by atoms with Gasteiger partial charge in [-0.1, -0.05) is 11.6 Å². The van der Waals surface area contributed by atoms with Gasteiger partial charge >= 0.3 is 6.18 Å². The summed E-state index contributed by atoms with van der Waals surface area (Å²) in [6, 6.07) is 7.95. The molecule has 0 radical (unpaired) electrons. The van der Waals surface area contributed by atoms with Crippen LogP contribution < -0.4 is 0 Å². The number of benzene rings is 2. The van der Waals surface area contributed by atoms with Crippen molar-refractivity contribution in [3.63, 3.8) is 0 Å². The second-order valence-electron chi connectivity index (χ2n) is 7.77. The SMILES string of the molecule is O=C(CCc1cn(-c2ccc(C(F)(F)F)cc2)nc1Cl)[C@@H]1CCN1S(=O)(=O)c1ccc(F)cc1. The molecule has 0 bridgehead atoms. The first-order chi connectivity index (χ1) is 16.0. The van der Waals surface area contributed by atoms with E-state index in [1.807, 2.05) is 0 Å². The van der Waals surface area contributed by atoms with Crippen LogP contribution in [0.2, 0.25) is 5.15 Å². The highest BCUT2D eigenvalue weighted by molar-refractivity contribution is 7.89. The predicted molar refractivity (Wildman–Crippen MR) is 116 cm³/mol. The number of aryl methyl sites for hydroxylation is 1. The Bertz CT molecular complexity index is 1310. The molecule has 1 fully saturated rings. The first-order valence-electron chi connectivity index (χ1n) is 10.2. The Morgan fingerprint density at radius 3 is 2.29 bits per heavy atom. The molecule has 0 amide bonds. The van der Waals surface area contributed by atoms with Gasteiger partial charge in [-0.3, -0.25) is 4.79 Å². The van der Waals surface area contributed by atoms with Gasteiger partial charge in [0, 0.05) is 24.7 Å². The molecule has 1 saturated heterocycles. The van der Waals surface area contributed by atoms with Gasteiger partial charge in [0.05, 0.1) is 22.2 Å². The van der Waals surface area contributed by atoms with Crippen LogP contribution >= 0.6 is 11.6 Å². The van der Waals surface area contributed by atoms with Crippen LogP contribution in [0.25, 0.3) is 5.69 Å². The molecule has 0 saturated carbocycles. The Morgan fingerprint density at radius 2 is 1.74 bits per heavy atom. The average Bonchev–Trinajstić information content (AvgIpc) is 3.11. The van der Waals surface area contributed by atoms with Crippen molar-refractivity contribution in [1.29, 1.82) is 0 Å². The lowest BCUT2D eigenvalue weighted by Crippen LogP contribution is -2.54. The third-order valence-corrected chi connectivity index (χ3v) is 7.84. The Balaban J connectivity index is 1.41. The molecule has 1 aliphatic heterocycles. The zero-order valence-electron chi connectivity index (χ0n) is 17.5. The first kappa shape index (κ1) is 24.4. The van der Waals surface area contributed by atoms with Gasteiger partial charge in [-0.2, -0.15) is 22.6 Å². The molecule has 1 atom stereocenters. The van der Waals surface area contributed by atoms with Crippen molar-refractivity contribution in [3.8, 4) is 5.69 Å². The van der Waals surface area contributed by atoms with Crippen molar-refractivity contribution in [3.05, 3.63) is 76.8 Å². The third-order valence-electron chi connectivity index (χ3n) is 5.60. The minimum Gasteiger partial charge on any atom is -0.298 e. The summed E-state index contributed by atoms with van der Waals surface area (Å²) in [5, 5.41) is 4.18. The van der Waals surface area contributed by atoms with Gasteiger partial charge in [-0.25, -0.2) is 17.5 Å². The molecule has 2 aromatic carbocycles. The molecule has 0 unspecified atom stereocenters. The molecule has 0 spiro atoms. The second kappa shape index (κ2) is 9.12. The Kier molecular flexibility index (Phi) is 6.54. The maximum atomic E-state index is 13.1. The van der Waals surface area contributed by atoms with Crippen LogP contribution in [0, 0.1) is 5.82 Å². The number of carbonyl (C=O) groups is 1. The summed E-state index contributed by atoms with van der Waals surface area (Å²) >= 11 is 6.14. The number of Topliss-reactive ketones (excluding diaryl/α,β-unsaturated/α-hetero) is 1. The van der Waals surface area contributed by atoms with Gasteiger partial charge in [0.15, 0.2) is 10.9 Å².